The topological polar surface area (TPSA) is 66.9 Å². The van der Waals surface area contributed by atoms with Crippen LogP contribution < -0.4 is 4.90 Å². The molecule has 0 saturated carbocycles. The maximum absolute atomic E-state index is 13.8. The number of hydrogen-bond donors (Lipinski definition) is 1. The average molecular weight is 402 g/mol. The third kappa shape index (κ3) is 2.76. The Morgan fingerprint density at radius 3 is 2.89 bits per heavy atom. The van der Waals surface area contributed by atoms with Crippen molar-refractivity contribution in [1.82, 2.24) is 20.2 Å². The van der Waals surface area contributed by atoms with Gasteiger partial charge in [0.15, 0.2) is 0 Å². The van der Waals surface area contributed by atoms with E-state index in [9.17, 15) is 4.39 Å². The van der Waals surface area contributed by atoms with E-state index in [1.807, 2.05) is 0 Å². The van der Waals surface area contributed by atoms with Crippen LogP contribution in [0.3, 0.4) is 0 Å². The third-order valence-electron chi connectivity index (χ3n) is 6.36. The number of anilines is 1. The van der Waals surface area contributed by atoms with E-state index >= 15 is 0 Å². The van der Waals surface area contributed by atoms with Crippen LogP contribution >= 0.6 is 11.6 Å². The van der Waals surface area contributed by atoms with Crippen molar-refractivity contribution >= 4 is 28.6 Å². The Balaban J connectivity index is 1.42. The number of piperidine rings is 1. The molecule has 2 saturated heterocycles. The van der Waals surface area contributed by atoms with E-state index in [0.29, 0.717) is 33.8 Å². The molecule has 0 amide bonds. The Kier molecular flexibility index (Phi) is 4.25. The van der Waals surface area contributed by atoms with Crippen molar-refractivity contribution < 1.29 is 9.13 Å². The first-order valence-corrected chi connectivity index (χ1v) is 9.93. The zero-order chi connectivity index (χ0) is 19.3. The number of hydrogen-bond acceptors (Lipinski definition) is 5. The molecule has 3 aromatic rings. The molecule has 0 radical (unpaired) electrons. The summed E-state index contributed by atoms with van der Waals surface area (Å²) >= 11 is 6.12. The molecule has 2 aliphatic heterocycles. The van der Waals surface area contributed by atoms with E-state index < -0.39 is 5.82 Å². The van der Waals surface area contributed by atoms with Crippen LogP contribution in [0.1, 0.15) is 19.8 Å². The minimum absolute atomic E-state index is 0.0492. The van der Waals surface area contributed by atoms with E-state index in [1.54, 1.807) is 18.3 Å². The standard InChI is InChI=1S/C20H21ClFN5O/c1-12-10-28-11-20(12)5-7-27(8-6-20)15-9-23-18-17(25-26-19(18)24-15)13-3-2-4-14(22)16(13)21/h2-4,9,12H,5-8,10-11H2,1H3,(H,24,25,26)/t12-/m1/s1. The summed E-state index contributed by atoms with van der Waals surface area (Å²) in [4.78, 5) is 11.5. The molecule has 0 unspecified atom stereocenters. The van der Waals surface area contributed by atoms with Crippen molar-refractivity contribution in [3.05, 3.63) is 35.2 Å². The van der Waals surface area contributed by atoms with Crippen LogP contribution in [0.5, 0.6) is 0 Å². The number of aromatic nitrogens is 4. The van der Waals surface area contributed by atoms with Gasteiger partial charge in [-0.15, -0.1) is 0 Å². The SMILES string of the molecule is C[C@@H]1COCC12CCN(c1cnc3c(-c4cccc(F)c4Cl)[nH]nc3n1)CC2. The molecule has 6 nitrogen and oxygen atoms in total. The molecule has 1 atom stereocenters. The minimum atomic E-state index is -0.473. The fourth-order valence-electron chi connectivity index (χ4n) is 4.40. The van der Waals surface area contributed by atoms with Crippen molar-refractivity contribution in [3.63, 3.8) is 0 Å². The van der Waals surface area contributed by atoms with Gasteiger partial charge in [0.1, 0.15) is 17.2 Å². The molecule has 1 N–H and O–H groups in total. The highest BCUT2D eigenvalue weighted by molar-refractivity contribution is 6.33. The molecular weight excluding hydrogens is 381 g/mol. The lowest BCUT2D eigenvalue weighted by molar-refractivity contribution is 0.127. The predicted molar refractivity (Wildman–Crippen MR) is 106 cm³/mol. The van der Waals surface area contributed by atoms with Gasteiger partial charge in [-0.3, -0.25) is 5.10 Å². The first-order chi connectivity index (χ1) is 13.6. The number of nitrogens with zero attached hydrogens (tertiary/aromatic N) is 4. The maximum Gasteiger partial charge on any atom is 0.202 e. The molecule has 4 heterocycles. The van der Waals surface area contributed by atoms with Gasteiger partial charge in [-0.05, 0) is 24.8 Å². The highest BCUT2D eigenvalue weighted by Crippen LogP contribution is 2.44. The van der Waals surface area contributed by atoms with Gasteiger partial charge >= 0.3 is 0 Å². The van der Waals surface area contributed by atoms with Crippen molar-refractivity contribution in [2.24, 2.45) is 11.3 Å². The summed E-state index contributed by atoms with van der Waals surface area (Å²) in [6, 6.07) is 4.68. The molecule has 0 aliphatic carbocycles. The highest BCUT2D eigenvalue weighted by Gasteiger charge is 2.43. The van der Waals surface area contributed by atoms with Crippen LogP contribution in [0.2, 0.25) is 5.02 Å². The zero-order valence-electron chi connectivity index (χ0n) is 15.6. The number of aromatic amines is 1. The second kappa shape index (κ2) is 6.67. The summed E-state index contributed by atoms with van der Waals surface area (Å²) in [5.41, 5.74) is 2.50. The minimum Gasteiger partial charge on any atom is -0.381 e. The normalized spacial score (nSPS) is 21.7. The van der Waals surface area contributed by atoms with Crippen LogP contribution in [0, 0.1) is 17.2 Å². The first kappa shape index (κ1) is 17.8. The molecule has 5 rings (SSSR count). The highest BCUT2D eigenvalue weighted by atomic mass is 35.5. The van der Waals surface area contributed by atoms with Crippen molar-refractivity contribution in [3.8, 4) is 11.3 Å². The van der Waals surface area contributed by atoms with E-state index in [4.69, 9.17) is 16.3 Å². The summed E-state index contributed by atoms with van der Waals surface area (Å²) in [5.74, 6) is 0.948. The van der Waals surface area contributed by atoms with Gasteiger partial charge in [0.05, 0.1) is 23.5 Å². The number of ether oxygens (including phenoxy) is 1. The van der Waals surface area contributed by atoms with Gasteiger partial charge < -0.3 is 9.64 Å². The van der Waals surface area contributed by atoms with Crippen LogP contribution in [0.15, 0.2) is 24.4 Å². The Bertz CT molecular complexity index is 1030. The predicted octanol–water partition coefficient (Wildman–Crippen LogP) is 4.07. The van der Waals surface area contributed by atoms with Crippen molar-refractivity contribution in [2.75, 3.05) is 31.2 Å². The Labute approximate surface area is 167 Å². The lowest BCUT2D eigenvalue weighted by Gasteiger charge is -2.41. The zero-order valence-corrected chi connectivity index (χ0v) is 16.3. The molecule has 1 aromatic carbocycles. The molecule has 2 fully saturated rings. The number of nitrogens with one attached hydrogen (secondary N) is 1. The van der Waals surface area contributed by atoms with E-state index in [0.717, 1.165) is 45.0 Å². The van der Waals surface area contributed by atoms with Gasteiger partial charge in [0.25, 0.3) is 0 Å². The fraction of sp³-hybridized carbons (Fsp3) is 0.450. The van der Waals surface area contributed by atoms with Gasteiger partial charge in [0, 0.05) is 30.7 Å². The second-order valence-electron chi connectivity index (χ2n) is 7.87. The number of fused-ring (bicyclic) bond motifs is 1. The Morgan fingerprint density at radius 2 is 2.14 bits per heavy atom. The molecule has 2 aliphatic rings. The lowest BCUT2D eigenvalue weighted by atomic mass is 9.72. The smallest absolute Gasteiger partial charge is 0.202 e. The molecule has 146 valence electrons. The maximum atomic E-state index is 13.8. The third-order valence-corrected chi connectivity index (χ3v) is 6.74. The molecule has 2 aromatic heterocycles. The van der Waals surface area contributed by atoms with Gasteiger partial charge in [-0.1, -0.05) is 30.7 Å². The Morgan fingerprint density at radius 1 is 1.32 bits per heavy atom. The van der Waals surface area contributed by atoms with E-state index in [2.05, 4.69) is 32.0 Å². The van der Waals surface area contributed by atoms with Crippen LogP contribution in [-0.4, -0.2) is 46.5 Å². The summed E-state index contributed by atoms with van der Waals surface area (Å²) < 4.78 is 19.5. The number of H-pyrrole nitrogens is 1. The van der Waals surface area contributed by atoms with Gasteiger partial charge in [-0.25, -0.2) is 14.4 Å². The molecule has 1 spiro atoms. The average Bonchev–Trinajstić information content (AvgIpc) is 3.28. The van der Waals surface area contributed by atoms with Crippen LogP contribution in [-0.2, 0) is 4.74 Å². The van der Waals surface area contributed by atoms with Gasteiger partial charge in [0.2, 0.25) is 5.65 Å². The largest absolute Gasteiger partial charge is 0.381 e. The number of halogens is 2. The van der Waals surface area contributed by atoms with Crippen LogP contribution in [0.4, 0.5) is 10.2 Å². The fourth-order valence-corrected chi connectivity index (χ4v) is 4.62. The lowest BCUT2D eigenvalue weighted by Crippen LogP contribution is -2.43. The quantitative estimate of drug-likeness (QED) is 0.701. The Hall–Kier alpha value is -2.25. The summed E-state index contributed by atoms with van der Waals surface area (Å²) in [6.07, 6.45) is 3.96. The van der Waals surface area contributed by atoms with E-state index in [1.165, 1.54) is 6.07 Å². The summed E-state index contributed by atoms with van der Waals surface area (Å²) in [7, 11) is 0. The molecule has 8 heteroatoms. The monoisotopic (exact) mass is 401 g/mol. The molecule has 28 heavy (non-hydrogen) atoms. The molecule has 0 bridgehead atoms. The van der Waals surface area contributed by atoms with Gasteiger partial charge in [-0.2, -0.15) is 5.10 Å². The number of rotatable bonds is 2. The van der Waals surface area contributed by atoms with Crippen LogP contribution in [0.25, 0.3) is 22.4 Å². The van der Waals surface area contributed by atoms with E-state index in [-0.39, 0.29) is 5.02 Å². The first-order valence-electron chi connectivity index (χ1n) is 9.56. The second-order valence-corrected chi connectivity index (χ2v) is 8.24. The van der Waals surface area contributed by atoms with Crippen molar-refractivity contribution in [1.29, 1.82) is 0 Å². The summed E-state index contributed by atoms with van der Waals surface area (Å²) in [5, 5.41) is 7.24. The number of benzene rings is 1. The van der Waals surface area contributed by atoms with Crippen molar-refractivity contribution in [2.45, 2.75) is 19.8 Å². The molecular formula is C20H21ClFN5O. The summed E-state index contributed by atoms with van der Waals surface area (Å²) in [6.45, 7) is 5.88.